The number of nitrogens with two attached hydrogens (primary N) is 1. The zero-order chi connectivity index (χ0) is 9.97. The molecule has 14 heavy (non-hydrogen) atoms. The van der Waals surface area contributed by atoms with Gasteiger partial charge in [-0.15, -0.1) is 10.2 Å². The molecule has 7 nitrogen and oxygen atoms in total. The van der Waals surface area contributed by atoms with Crippen LogP contribution in [0.5, 0.6) is 0 Å². The molecule has 0 spiro atoms. The summed E-state index contributed by atoms with van der Waals surface area (Å²) in [5.74, 6) is -0.108. The number of carbonyl (C=O) groups is 1. The lowest BCUT2D eigenvalue weighted by molar-refractivity contribution is 0.0988. The molecule has 0 radical (unpaired) electrons. The van der Waals surface area contributed by atoms with Crippen molar-refractivity contribution in [3.8, 4) is 5.82 Å². The summed E-state index contributed by atoms with van der Waals surface area (Å²) in [6.07, 6.45) is 4.27. The molecule has 70 valence electrons. The standard InChI is InChI=1S/C7H6N6O/c8-6(14)7-12-11-4-13(7)5-1-2-9-3-10-5/h1-4H,(H2,8,14). The predicted octanol–water partition coefficient (Wildman–Crippen LogP) is -0.844. The fourth-order valence-electron chi connectivity index (χ4n) is 0.997. The normalized spacial score (nSPS) is 10.0. The minimum atomic E-state index is -0.652. The molecule has 2 rings (SSSR count). The van der Waals surface area contributed by atoms with Crippen LogP contribution in [0.25, 0.3) is 5.82 Å². The highest BCUT2D eigenvalue weighted by Crippen LogP contribution is 2.03. The van der Waals surface area contributed by atoms with Crippen LogP contribution in [0.2, 0.25) is 0 Å². The summed E-state index contributed by atoms with van der Waals surface area (Å²) in [5, 5.41) is 7.14. The van der Waals surface area contributed by atoms with Crippen LogP contribution in [-0.2, 0) is 0 Å². The van der Waals surface area contributed by atoms with E-state index in [1.165, 1.54) is 17.2 Å². The van der Waals surface area contributed by atoms with Gasteiger partial charge in [0.05, 0.1) is 0 Å². The highest BCUT2D eigenvalue weighted by Gasteiger charge is 2.11. The van der Waals surface area contributed by atoms with Crippen LogP contribution in [0.1, 0.15) is 10.6 Å². The molecule has 0 aliphatic rings. The minimum Gasteiger partial charge on any atom is -0.363 e. The van der Waals surface area contributed by atoms with Crippen LogP contribution in [0.15, 0.2) is 24.9 Å². The Morgan fingerprint density at radius 1 is 1.50 bits per heavy atom. The van der Waals surface area contributed by atoms with Gasteiger partial charge in [-0.25, -0.2) is 9.97 Å². The van der Waals surface area contributed by atoms with Crippen molar-refractivity contribution in [2.75, 3.05) is 0 Å². The average molecular weight is 190 g/mol. The number of primary amides is 1. The van der Waals surface area contributed by atoms with Gasteiger partial charge in [0.1, 0.15) is 18.5 Å². The molecule has 7 heteroatoms. The van der Waals surface area contributed by atoms with Crippen molar-refractivity contribution >= 4 is 5.91 Å². The monoisotopic (exact) mass is 190 g/mol. The van der Waals surface area contributed by atoms with E-state index in [-0.39, 0.29) is 5.82 Å². The number of hydrogen-bond donors (Lipinski definition) is 1. The van der Waals surface area contributed by atoms with E-state index < -0.39 is 5.91 Å². The van der Waals surface area contributed by atoms with E-state index >= 15 is 0 Å². The summed E-state index contributed by atoms with van der Waals surface area (Å²) in [6.45, 7) is 0. The number of nitrogens with zero attached hydrogens (tertiary/aromatic N) is 5. The van der Waals surface area contributed by atoms with Gasteiger partial charge >= 0.3 is 0 Å². The molecule has 2 aromatic heterocycles. The molecular formula is C7H6N6O. The molecule has 0 bridgehead atoms. The third kappa shape index (κ3) is 1.30. The van der Waals surface area contributed by atoms with Crippen LogP contribution in [0.3, 0.4) is 0 Å². The van der Waals surface area contributed by atoms with Gasteiger partial charge in [0.2, 0.25) is 5.82 Å². The van der Waals surface area contributed by atoms with Crippen molar-refractivity contribution in [1.82, 2.24) is 24.7 Å². The largest absolute Gasteiger partial charge is 0.363 e. The smallest absolute Gasteiger partial charge is 0.287 e. The molecule has 0 saturated carbocycles. The second kappa shape index (κ2) is 3.21. The minimum absolute atomic E-state index is 0.0451. The lowest BCUT2D eigenvalue weighted by atomic mass is 10.5. The summed E-state index contributed by atoms with van der Waals surface area (Å²) >= 11 is 0. The average Bonchev–Trinajstić information content (AvgIpc) is 2.67. The van der Waals surface area contributed by atoms with Crippen molar-refractivity contribution < 1.29 is 4.79 Å². The van der Waals surface area contributed by atoms with Crippen LogP contribution in [-0.4, -0.2) is 30.6 Å². The summed E-state index contributed by atoms with van der Waals surface area (Å²) in [5.41, 5.74) is 5.09. The maximum absolute atomic E-state index is 10.9. The Morgan fingerprint density at radius 3 is 3.00 bits per heavy atom. The van der Waals surface area contributed by atoms with E-state index in [4.69, 9.17) is 5.73 Å². The molecule has 0 aliphatic heterocycles. The van der Waals surface area contributed by atoms with Gasteiger partial charge in [-0.1, -0.05) is 0 Å². The Balaban J connectivity index is 2.52. The molecule has 0 atom stereocenters. The van der Waals surface area contributed by atoms with Crippen molar-refractivity contribution in [1.29, 1.82) is 0 Å². The van der Waals surface area contributed by atoms with E-state index in [1.54, 1.807) is 12.3 Å². The zero-order valence-electron chi connectivity index (χ0n) is 7.03. The molecule has 2 N–H and O–H groups in total. The fourth-order valence-corrected chi connectivity index (χ4v) is 0.997. The highest BCUT2D eigenvalue weighted by atomic mass is 16.1. The summed E-state index contributed by atoms with van der Waals surface area (Å²) in [7, 11) is 0. The third-order valence-electron chi connectivity index (χ3n) is 1.58. The summed E-state index contributed by atoms with van der Waals surface area (Å²) in [4.78, 5) is 18.6. The van der Waals surface area contributed by atoms with Crippen molar-refractivity contribution in [3.05, 3.63) is 30.7 Å². The Labute approximate surface area is 78.6 Å². The molecule has 0 fully saturated rings. The third-order valence-corrected chi connectivity index (χ3v) is 1.58. The first-order valence-corrected chi connectivity index (χ1v) is 3.75. The Morgan fingerprint density at radius 2 is 2.36 bits per heavy atom. The maximum Gasteiger partial charge on any atom is 0.287 e. The van der Waals surface area contributed by atoms with Crippen molar-refractivity contribution in [3.63, 3.8) is 0 Å². The first-order valence-electron chi connectivity index (χ1n) is 3.75. The second-order valence-corrected chi connectivity index (χ2v) is 2.46. The maximum atomic E-state index is 10.9. The lowest BCUT2D eigenvalue weighted by Crippen LogP contribution is -2.17. The molecule has 2 heterocycles. The molecule has 1 amide bonds. The SMILES string of the molecule is NC(=O)c1nncn1-c1ccncn1. The van der Waals surface area contributed by atoms with Crippen LogP contribution >= 0.6 is 0 Å². The van der Waals surface area contributed by atoms with Crippen LogP contribution in [0, 0.1) is 0 Å². The van der Waals surface area contributed by atoms with Gasteiger partial charge in [-0.2, -0.15) is 0 Å². The predicted molar refractivity (Wildman–Crippen MR) is 45.5 cm³/mol. The fraction of sp³-hybridized carbons (Fsp3) is 0. The zero-order valence-corrected chi connectivity index (χ0v) is 7.03. The first kappa shape index (κ1) is 8.30. The summed E-state index contributed by atoms with van der Waals surface area (Å²) < 4.78 is 1.39. The highest BCUT2D eigenvalue weighted by molar-refractivity contribution is 5.89. The van der Waals surface area contributed by atoms with Crippen LogP contribution < -0.4 is 5.73 Å². The van der Waals surface area contributed by atoms with E-state index in [0.29, 0.717) is 5.82 Å². The van der Waals surface area contributed by atoms with E-state index in [9.17, 15) is 4.79 Å². The first-order chi connectivity index (χ1) is 6.79. The van der Waals surface area contributed by atoms with E-state index in [2.05, 4.69) is 20.2 Å². The van der Waals surface area contributed by atoms with Gasteiger partial charge in [0.15, 0.2) is 0 Å². The molecule has 0 aromatic carbocycles. The Kier molecular flexibility index (Phi) is 1.90. The molecule has 0 unspecified atom stereocenters. The summed E-state index contributed by atoms with van der Waals surface area (Å²) in [6, 6.07) is 1.62. The van der Waals surface area contributed by atoms with Crippen molar-refractivity contribution in [2.45, 2.75) is 0 Å². The van der Waals surface area contributed by atoms with Crippen LogP contribution in [0.4, 0.5) is 0 Å². The topological polar surface area (TPSA) is 99.6 Å². The molecular weight excluding hydrogens is 184 g/mol. The van der Waals surface area contributed by atoms with E-state index in [1.807, 2.05) is 0 Å². The number of aromatic nitrogens is 5. The van der Waals surface area contributed by atoms with Gasteiger partial charge in [0, 0.05) is 6.20 Å². The number of carbonyl (C=O) groups excluding carboxylic acids is 1. The number of hydrogen-bond acceptors (Lipinski definition) is 5. The second-order valence-electron chi connectivity index (χ2n) is 2.46. The molecule has 0 aliphatic carbocycles. The lowest BCUT2D eigenvalue weighted by Gasteiger charge is -2.00. The molecule has 0 saturated heterocycles. The van der Waals surface area contributed by atoms with Gasteiger partial charge in [-0.05, 0) is 6.07 Å². The van der Waals surface area contributed by atoms with Gasteiger partial charge in [0.25, 0.3) is 5.91 Å². The van der Waals surface area contributed by atoms with Gasteiger partial charge in [-0.3, -0.25) is 9.36 Å². The quantitative estimate of drug-likeness (QED) is 0.665. The van der Waals surface area contributed by atoms with E-state index in [0.717, 1.165) is 0 Å². The van der Waals surface area contributed by atoms with Gasteiger partial charge < -0.3 is 5.73 Å². The Bertz CT molecular complexity index is 450. The molecule has 2 aromatic rings. The Hall–Kier alpha value is -2.31. The number of rotatable bonds is 2. The van der Waals surface area contributed by atoms with Crippen molar-refractivity contribution in [2.24, 2.45) is 5.73 Å². The number of amides is 1.